The van der Waals surface area contributed by atoms with Crippen molar-refractivity contribution in [3.63, 3.8) is 0 Å². The number of aromatic nitrogens is 2. The molecular weight excluding hydrogens is 254 g/mol. The van der Waals surface area contributed by atoms with Gasteiger partial charge in [0.25, 0.3) is 5.91 Å². The number of primary amides is 1. The van der Waals surface area contributed by atoms with Crippen LogP contribution >= 0.6 is 0 Å². The van der Waals surface area contributed by atoms with Crippen LogP contribution < -0.4 is 10.5 Å². The van der Waals surface area contributed by atoms with Crippen molar-refractivity contribution in [2.24, 2.45) is 5.73 Å². The summed E-state index contributed by atoms with van der Waals surface area (Å²) in [5.74, 6) is -0.0412. The molecule has 3 rings (SSSR count). The van der Waals surface area contributed by atoms with Gasteiger partial charge in [-0.2, -0.15) is 0 Å². The normalized spacial score (nSPS) is 10.7. The van der Waals surface area contributed by atoms with Crippen LogP contribution in [-0.4, -0.2) is 23.0 Å². The number of nitrogens with one attached hydrogen (secondary N) is 1. The highest BCUT2D eigenvalue weighted by Gasteiger charge is 2.11. The second-order valence-electron chi connectivity index (χ2n) is 4.43. The molecule has 0 saturated heterocycles. The monoisotopic (exact) mass is 267 g/mol. The summed E-state index contributed by atoms with van der Waals surface area (Å²) in [7, 11) is 1.51. The predicted octanol–water partition coefficient (Wildman–Crippen LogP) is 2.34. The molecule has 0 aliphatic rings. The van der Waals surface area contributed by atoms with E-state index in [4.69, 9.17) is 10.5 Å². The van der Waals surface area contributed by atoms with Gasteiger partial charge in [0, 0.05) is 17.3 Å². The molecule has 0 bridgehead atoms. The van der Waals surface area contributed by atoms with Crippen molar-refractivity contribution in [1.29, 1.82) is 0 Å². The highest BCUT2D eigenvalue weighted by molar-refractivity contribution is 5.97. The van der Waals surface area contributed by atoms with E-state index in [0.717, 1.165) is 22.2 Å². The van der Waals surface area contributed by atoms with Gasteiger partial charge in [-0.05, 0) is 35.9 Å². The van der Waals surface area contributed by atoms with Crippen LogP contribution in [0.25, 0.3) is 22.2 Å². The number of rotatable bonds is 3. The molecule has 0 atom stereocenters. The van der Waals surface area contributed by atoms with Crippen molar-refractivity contribution in [3.05, 3.63) is 48.3 Å². The molecule has 3 aromatic rings. The van der Waals surface area contributed by atoms with Gasteiger partial charge in [-0.1, -0.05) is 0 Å². The molecule has 0 unspecified atom stereocenters. The van der Waals surface area contributed by atoms with Gasteiger partial charge in [-0.15, -0.1) is 0 Å². The molecule has 5 nitrogen and oxygen atoms in total. The Morgan fingerprint density at radius 1 is 1.30 bits per heavy atom. The Morgan fingerprint density at radius 3 is 2.85 bits per heavy atom. The third-order valence-electron chi connectivity index (χ3n) is 3.20. The fourth-order valence-corrected chi connectivity index (χ4v) is 2.20. The molecular formula is C15H13N3O2. The summed E-state index contributed by atoms with van der Waals surface area (Å²) in [6.45, 7) is 0. The summed E-state index contributed by atoms with van der Waals surface area (Å²) >= 11 is 0. The molecule has 0 saturated carbocycles. The lowest BCUT2D eigenvalue weighted by molar-refractivity contribution is 0.0997. The molecule has 2 aromatic heterocycles. The average molecular weight is 267 g/mol. The van der Waals surface area contributed by atoms with E-state index in [0.29, 0.717) is 11.3 Å². The van der Waals surface area contributed by atoms with Crippen LogP contribution in [0.1, 0.15) is 10.4 Å². The lowest BCUT2D eigenvalue weighted by Gasteiger charge is -2.07. The molecule has 0 radical (unpaired) electrons. The predicted molar refractivity (Wildman–Crippen MR) is 76.6 cm³/mol. The van der Waals surface area contributed by atoms with E-state index in [2.05, 4.69) is 9.97 Å². The first-order chi connectivity index (χ1) is 9.69. The first-order valence-electron chi connectivity index (χ1n) is 6.10. The Morgan fingerprint density at radius 2 is 2.15 bits per heavy atom. The van der Waals surface area contributed by atoms with Gasteiger partial charge in [0.1, 0.15) is 5.75 Å². The summed E-state index contributed by atoms with van der Waals surface area (Å²) in [5, 5.41) is 1.06. The van der Waals surface area contributed by atoms with Crippen LogP contribution in [0.3, 0.4) is 0 Å². The second kappa shape index (κ2) is 4.70. The van der Waals surface area contributed by atoms with Crippen LogP contribution in [0, 0.1) is 0 Å². The maximum absolute atomic E-state index is 11.5. The summed E-state index contributed by atoms with van der Waals surface area (Å²) in [5.41, 5.74) is 8.45. The van der Waals surface area contributed by atoms with E-state index in [1.807, 2.05) is 18.2 Å². The second-order valence-corrected chi connectivity index (χ2v) is 4.43. The number of ether oxygens (including phenoxy) is 1. The van der Waals surface area contributed by atoms with Gasteiger partial charge >= 0.3 is 0 Å². The van der Waals surface area contributed by atoms with Crippen LogP contribution in [0.4, 0.5) is 0 Å². The first-order valence-corrected chi connectivity index (χ1v) is 6.10. The number of pyridine rings is 1. The minimum atomic E-state index is -0.513. The van der Waals surface area contributed by atoms with E-state index in [-0.39, 0.29) is 0 Å². The van der Waals surface area contributed by atoms with Crippen molar-refractivity contribution in [1.82, 2.24) is 9.97 Å². The van der Waals surface area contributed by atoms with E-state index in [1.54, 1.807) is 24.5 Å². The number of carbonyl (C=O) groups excluding carboxylic acids is 1. The van der Waals surface area contributed by atoms with Crippen molar-refractivity contribution in [3.8, 4) is 17.0 Å². The lowest BCUT2D eigenvalue weighted by atomic mass is 10.1. The Labute approximate surface area is 115 Å². The smallest absolute Gasteiger partial charge is 0.252 e. The number of fused-ring (bicyclic) bond motifs is 1. The Kier molecular flexibility index (Phi) is 2.87. The Bertz CT molecular complexity index is 760. The van der Waals surface area contributed by atoms with Crippen LogP contribution in [0.2, 0.25) is 0 Å². The number of benzene rings is 1. The molecule has 100 valence electrons. The molecule has 0 spiro atoms. The number of carbonyl (C=O) groups is 1. The zero-order valence-electron chi connectivity index (χ0n) is 10.9. The van der Waals surface area contributed by atoms with Gasteiger partial charge < -0.3 is 15.5 Å². The minimum Gasteiger partial charge on any atom is -0.496 e. The van der Waals surface area contributed by atoms with Gasteiger partial charge in [0.15, 0.2) is 0 Å². The number of hydrogen-bond donors (Lipinski definition) is 2. The molecule has 2 heterocycles. The summed E-state index contributed by atoms with van der Waals surface area (Å²) in [6, 6.07) is 9.26. The van der Waals surface area contributed by atoms with E-state index >= 15 is 0 Å². The van der Waals surface area contributed by atoms with E-state index < -0.39 is 5.91 Å². The summed E-state index contributed by atoms with van der Waals surface area (Å²) < 4.78 is 5.14. The van der Waals surface area contributed by atoms with Crippen LogP contribution in [0.5, 0.6) is 5.75 Å². The molecule has 3 N–H and O–H groups in total. The topological polar surface area (TPSA) is 81.0 Å². The number of amides is 1. The minimum absolute atomic E-state index is 0.363. The third-order valence-corrected chi connectivity index (χ3v) is 3.20. The molecule has 1 amide bonds. The summed E-state index contributed by atoms with van der Waals surface area (Å²) in [4.78, 5) is 18.8. The van der Waals surface area contributed by atoms with Gasteiger partial charge in [-0.3, -0.25) is 9.78 Å². The molecule has 20 heavy (non-hydrogen) atoms. The average Bonchev–Trinajstić information content (AvgIpc) is 2.90. The molecule has 5 heteroatoms. The maximum atomic E-state index is 11.5. The van der Waals surface area contributed by atoms with Crippen LogP contribution in [-0.2, 0) is 0 Å². The highest BCUT2D eigenvalue weighted by Crippen LogP contribution is 2.28. The Balaban J connectivity index is 2.14. The number of aromatic amines is 1. The molecule has 0 aliphatic heterocycles. The van der Waals surface area contributed by atoms with Crippen LogP contribution in [0.15, 0.2) is 42.7 Å². The van der Waals surface area contributed by atoms with E-state index in [9.17, 15) is 4.79 Å². The number of methoxy groups -OCH3 is 1. The standard InChI is InChI=1S/C15H13N3O2/c1-20-14-3-2-9(6-11(14)15(16)19)12-7-10-4-5-17-8-13(10)18-12/h2-8,18H,1H3,(H2,16,19). The number of hydrogen-bond acceptors (Lipinski definition) is 3. The van der Waals surface area contributed by atoms with E-state index in [1.165, 1.54) is 7.11 Å². The number of nitrogens with zero attached hydrogens (tertiary/aromatic N) is 1. The number of H-pyrrole nitrogens is 1. The largest absolute Gasteiger partial charge is 0.496 e. The van der Waals surface area contributed by atoms with Crippen molar-refractivity contribution in [2.75, 3.05) is 7.11 Å². The Hall–Kier alpha value is -2.82. The molecule has 1 aromatic carbocycles. The maximum Gasteiger partial charge on any atom is 0.252 e. The fraction of sp³-hybridized carbons (Fsp3) is 0.0667. The molecule has 0 fully saturated rings. The van der Waals surface area contributed by atoms with Gasteiger partial charge in [-0.25, -0.2) is 0 Å². The zero-order valence-corrected chi connectivity index (χ0v) is 10.9. The zero-order chi connectivity index (χ0) is 14.1. The first kappa shape index (κ1) is 12.2. The van der Waals surface area contributed by atoms with Crippen molar-refractivity contribution < 1.29 is 9.53 Å². The highest BCUT2D eigenvalue weighted by atomic mass is 16.5. The molecule has 0 aliphatic carbocycles. The lowest BCUT2D eigenvalue weighted by Crippen LogP contribution is -2.12. The number of nitrogens with two attached hydrogens (primary N) is 1. The van der Waals surface area contributed by atoms with Crippen molar-refractivity contribution in [2.45, 2.75) is 0 Å². The van der Waals surface area contributed by atoms with Gasteiger partial charge in [0.05, 0.1) is 24.4 Å². The SMILES string of the molecule is COc1ccc(-c2cc3ccncc3[nH]2)cc1C(N)=O. The summed E-state index contributed by atoms with van der Waals surface area (Å²) in [6.07, 6.45) is 3.50. The fourth-order valence-electron chi connectivity index (χ4n) is 2.20. The van der Waals surface area contributed by atoms with Gasteiger partial charge in [0.2, 0.25) is 0 Å². The third kappa shape index (κ3) is 1.99. The quantitative estimate of drug-likeness (QED) is 0.764. The van der Waals surface area contributed by atoms with Crippen molar-refractivity contribution >= 4 is 16.8 Å².